The van der Waals surface area contributed by atoms with Crippen molar-refractivity contribution in [2.24, 2.45) is 0 Å². The summed E-state index contributed by atoms with van der Waals surface area (Å²) in [6.07, 6.45) is 2.22. The first-order valence-electron chi connectivity index (χ1n) is 9.52. The van der Waals surface area contributed by atoms with Crippen LogP contribution in [0, 0.1) is 0 Å². The van der Waals surface area contributed by atoms with Gasteiger partial charge in [-0.15, -0.1) is 0 Å². The number of rotatable bonds is 6. The molecular weight excluding hydrogens is 360 g/mol. The van der Waals surface area contributed by atoms with Crippen LogP contribution in [0.5, 0.6) is 5.75 Å². The van der Waals surface area contributed by atoms with Crippen LogP contribution in [0.25, 0.3) is 0 Å². The third-order valence-corrected chi connectivity index (χ3v) is 5.44. The van der Waals surface area contributed by atoms with Crippen molar-refractivity contribution in [3.05, 3.63) is 64.7 Å². The van der Waals surface area contributed by atoms with Crippen LogP contribution in [0.1, 0.15) is 24.0 Å². The van der Waals surface area contributed by atoms with E-state index < -0.39 is 0 Å². The van der Waals surface area contributed by atoms with Gasteiger partial charge in [0.2, 0.25) is 5.91 Å². The lowest BCUT2D eigenvalue weighted by molar-refractivity contribution is -0.131. The molecule has 0 aliphatic carbocycles. The molecule has 27 heavy (non-hydrogen) atoms. The Hall–Kier alpha value is -2.04. The van der Waals surface area contributed by atoms with E-state index in [4.69, 9.17) is 16.3 Å². The van der Waals surface area contributed by atoms with E-state index in [2.05, 4.69) is 17.0 Å². The molecule has 2 aromatic carbocycles. The first-order chi connectivity index (χ1) is 13.2. The Morgan fingerprint density at radius 1 is 1.04 bits per heavy atom. The smallest absolute Gasteiger partial charge is 0.222 e. The van der Waals surface area contributed by atoms with Gasteiger partial charge in [-0.1, -0.05) is 41.9 Å². The van der Waals surface area contributed by atoms with E-state index in [1.54, 1.807) is 7.11 Å². The van der Waals surface area contributed by atoms with Crippen molar-refractivity contribution in [3.8, 4) is 5.75 Å². The zero-order valence-electron chi connectivity index (χ0n) is 15.9. The molecule has 0 N–H and O–H groups in total. The number of hydrogen-bond acceptors (Lipinski definition) is 3. The molecule has 2 aromatic rings. The van der Waals surface area contributed by atoms with E-state index in [9.17, 15) is 4.79 Å². The van der Waals surface area contributed by atoms with Crippen LogP contribution in [0.3, 0.4) is 0 Å². The van der Waals surface area contributed by atoms with Crippen LogP contribution in [0.15, 0.2) is 48.5 Å². The number of ether oxygens (including phenoxy) is 1. The predicted octanol–water partition coefficient (Wildman–Crippen LogP) is 4.02. The van der Waals surface area contributed by atoms with Gasteiger partial charge in [-0.2, -0.15) is 0 Å². The Bertz CT molecular complexity index is 748. The molecule has 0 atom stereocenters. The van der Waals surface area contributed by atoms with Gasteiger partial charge in [-0.05, 0) is 42.2 Å². The summed E-state index contributed by atoms with van der Waals surface area (Å²) in [6, 6.07) is 16.0. The predicted molar refractivity (Wildman–Crippen MR) is 109 cm³/mol. The van der Waals surface area contributed by atoms with E-state index in [1.165, 1.54) is 5.56 Å². The summed E-state index contributed by atoms with van der Waals surface area (Å²) in [4.78, 5) is 17.0. The number of carbonyl (C=O) groups is 1. The molecule has 0 radical (unpaired) electrons. The molecule has 1 saturated heterocycles. The Labute approximate surface area is 166 Å². The number of nitrogens with zero attached hydrogens (tertiary/aromatic N) is 2. The molecule has 5 heteroatoms. The topological polar surface area (TPSA) is 32.8 Å². The number of amides is 1. The van der Waals surface area contributed by atoms with E-state index in [0.29, 0.717) is 12.8 Å². The maximum atomic E-state index is 12.6. The van der Waals surface area contributed by atoms with Gasteiger partial charge < -0.3 is 9.64 Å². The SMILES string of the molecule is COc1ccc(CN2CCCN(C(=O)CCc3ccccc3Cl)CC2)cc1. The van der Waals surface area contributed by atoms with Crippen molar-refractivity contribution in [2.45, 2.75) is 25.8 Å². The molecular formula is C22H27ClN2O2. The second-order valence-corrected chi connectivity index (χ2v) is 7.36. The van der Waals surface area contributed by atoms with Crippen molar-refractivity contribution in [3.63, 3.8) is 0 Å². The first kappa shape index (κ1) is 19.7. The second kappa shape index (κ2) is 9.77. The summed E-state index contributed by atoms with van der Waals surface area (Å²) >= 11 is 6.20. The quantitative estimate of drug-likeness (QED) is 0.751. The summed E-state index contributed by atoms with van der Waals surface area (Å²) in [5.74, 6) is 1.10. The lowest BCUT2D eigenvalue weighted by Gasteiger charge is -2.22. The average molecular weight is 387 g/mol. The fourth-order valence-electron chi connectivity index (χ4n) is 3.47. The average Bonchev–Trinajstić information content (AvgIpc) is 2.93. The lowest BCUT2D eigenvalue weighted by atomic mass is 10.1. The highest BCUT2D eigenvalue weighted by Crippen LogP contribution is 2.18. The second-order valence-electron chi connectivity index (χ2n) is 6.95. The number of carbonyl (C=O) groups excluding carboxylic acids is 1. The molecule has 4 nitrogen and oxygen atoms in total. The highest BCUT2D eigenvalue weighted by Gasteiger charge is 2.19. The van der Waals surface area contributed by atoms with Gasteiger partial charge in [-0.25, -0.2) is 0 Å². The van der Waals surface area contributed by atoms with Gasteiger partial charge in [0.05, 0.1) is 7.11 Å². The monoisotopic (exact) mass is 386 g/mol. The standard InChI is InChI=1S/C22H27ClN2O2/c1-27-20-10-7-18(8-11-20)17-24-13-4-14-25(16-15-24)22(26)12-9-19-5-2-3-6-21(19)23/h2-3,5-8,10-11H,4,9,12-17H2,1H3. The normalized spacial score (nSPS) is 15.4. The van der Waals surface area contributed by atoms with Gasteiger partial charge in [0.25, 0.3) is 0 Å². The summed E-state index contributed by atoms with van der Waals surface area (Å²) in [6.45, 7) is 4.45. The van der Waals surface area contributed by atoms with E-state index >= 15 is 0 Å². The third-order valence-electron chi connectivity index (χ3n) is 5.07. The Morgan fingerprint density at radius 3 is 2.56 bits per heavy atom. The zero-order chi connectivity index (χ0) is 19.1. The first-order valence-corrected chi connectivity index (χ1v) is 9.90. The Balaban J connectivity index is 1.48. The van der Waals surface area contributed by atoms with E-state index in [-0.39, 0.29) is 5.91 Å². The van der Waals surface area contributed by atoms with E-state index in [0.717, 1.165) is 55.5 Å². The minimum atomic E-state index is 0.223. The van der Waals surface area contributed by atoms with Crippen molar-refractivity contribution >= 4 is 17.5 Å². The van der Waals surface area contributed by atoms with Crippen molar-refractivity contribution < 1.29 is 9.53 Å². The zero-order valence-corrected chi connectivity index (χ0v) is 16.6. The number of halogens is 1. The molecule has 1 fully saturated rings. The summed E-state index contributed by atoms with van der Waals surface area (Å²) < 4.78 is 5.22. The largest absolute Gasteiger partial charge is 0.497 e. The maximum Gasteiger partial charge on any atom is 0.222 e. The summed E-state index contributed by atoms with van der Waals surface area (Å²) in [5, 5.41) is 0.742. The van der Waals surface area contributed by atoms with Gasteiger partial charge in [0.15, 0.2) is 0 Å². The third kappa shape index (κ3) is 5.72. The summed E-state index contributed by atoms with van der Waals surface area (Å²) in [7, 11) is 1.68. The Morgan fingerprint density at radius 2 is 1.81 bits per heavy atom. The number of hydrogen-bond donors (Lipinski definition) is 0. The molecule has 1 heterocycles. The minimum Gasteiger partial charge on any atom is -0.497 e. The van der Waals surface area contributed by atoms with E-state index in [1.807, 2.05) is 41.3 Å². The van der Waals surface area contributed by atoms with Crippen LogP contribution >= 0.6 is 11.6 Å². The van der Waals surface area contributed by atoms with Crippen molar-refractivity contribution in [1.29, 1.82) is 0 Å². The molecule has 0 spiro atoms. The summed E-state index contributed by atoms with van der Waals surface area (Å²) in [5.41, 5.74) is 2.32. The van der Waals surface area contributed by atoms with Crippen LogP contribution < -0.4 is 4.74 Å². The molecule has 0 aromatic heterocycles. The highest BCUT2D eigenvalue weighted by atomic mass is 35.5. The minimum absolute atomic E-state index is 0.223. The van der Waals surface area contributed by atoms with Gasteiger partial charge in [-0.3, -0.25) is 9.69 Å². The molecule has 1 amide bonds. The number of aryl methyl sites for hydroxylation is 1. The van der Waals surface area contributed by atoms with Crippen LogP contribution in [-0.2, 0) is 17.8 Å². The van der Waals surface area contributed by atoms with Gasteiger partial charge in [0.1, 0.15) is 5.75 Å². The maximum absolute atomic E-state index is 12.6. The molecule has 1 aliphatic heterocycles. The fraction of sp³-hybridized carbons (Fsp3) is 0.409. The highest BCUT2D eigenvalue weighted by molar-refractivity contribution is 6.31. The Kier molecular flexibility index (Phi) is 7.13. The molecule has 144 valence electrons. The van der Waals surface area contributed by atoms with Crippen molar-refractivity contribution in [2.75, 3.05) is 33.3 Å². The van der Waals surface area contributed by atoms with Crippen LogP contribution in [0.4, 0.5) is 0 Å². The molecule has 3 rings (SSSR count). The van der Waals surface area contributed by atoms with Gasteiger partial charge >= 0.3 is 0 Å². The lowest BCUT2D eigenvalue weighted by Crippen LogP contribution is -2.35. The fourth-order valence-corrected chi connectivity index (χ4v) is 3.70. The van der Waals surface area contributed by atoms with Crippen LogP contribution in [-0.4, -0.2) is 49.0 Å². The molecule has 1 aliphatic rings. The van der Waals surface area contributed by atoms with Crippen molar-refractivity contribution in [1.82, 2.24) is 9.80 Å². The number of methoxy groups -OCH3 is 1. The molecule has 0 bridgehead atoms. The van der Waals surface area contributed by atoms with Crippen LogP contribution in [0.2, 0.25) is 5.02 Å². The van der Waals surface area contributed by atoms with Gasteiger partial charge in [0, 0.05) is 44.2 Å². The molecule has 0 unspecified atom stereocenters. The molecule has 0 saturated carbocycles. The number of benzene rings is 2.